The largest absolute Gasteiger partial charge is 0.490 e. The Morgan fingerprint density at radius 3 is 1.73 bits per heavy atom. The van der Waals surface area contributed by atoms with Gasteiger partial charge in [-0.1, -0.05) is 84.9 Å². The van der Waals surface area contributed by atoms with E-state index < -0.39 is 47.3 Å². The first-order valence-corrected chi connectivity index (χ1v) is 15.9. The number of amides is 3. The maximum atomic E-state index is 14.3. The molecule has 0 spiro atoms. The fraction of sp³-hybridized carbons (Fsp3) is 0.314. The molecule has 0 bridgehead atoms. The molecule has 3 amide bonds. The number of benzene rings is 3. The number of guanidine groups is 1. The number of aliphatic carboxylic acids is 1. The number of nitrogens with zero attached hydrogens (tertiary/aromatic N) is 1. The van der Waals surface area contributed by atoms with Gasteiger partial charge in [-0.15, -0.1) is 0 Å². The van der Waals surface area contributed by atoms with Gasteiger partial charge in [-0.2, -0.15) is 13.2 Å². The summed E-state index contributed by atoms with van der Waals surface area (Å²) in [7, 11) is 0. The molecule has 3 aromatic rings. The second kappa shape index (κ2) is 20.6. The summed E-state index contributed by atoms with van der Waals surface area (Å²) in [6.45, 7) is 2.24. The quantitative estimate of drug-likeness (QED) is 0.0374. The van der Waals surface area contributed by atoms with Gasteiger partial charge < -0.3 is 43.0 Å². The van der Waals surface area contributed by atoms with Crippen LogP contribution in [0.4, 0.5) is 18.0 Å². The number of carboxylic acids is 1. The van der Waals surface area contributed by atoms with E-state index in [1.807, 2.05) is 60.7 Å². The Hall–Kier alpha value is -5.97. The molecule has 17 heteroatoms. The summed E-state index contributed by atoms with van der Waals surface area (Å²) < 4.78 is 36.5. The van der Waals surface area contributed by atoms with Gasteiger partial charge in [-0.25, -0.2) is 9.59 Å². The number of esters is 1. The van der Waals surface area contributed by atoms with Crippen molar-refractivity contribution >= 4 is 35.6 Å². The van der Waals surface area contributed by atoms with Crippen molar-refractivity contribution in [1.29, 1.82) is 0 Å². The molecule has 0 heterocycles. The van der Waals surface area contributed by atoms with E-state index in [0.29, 0.717) is 6.42 Å². The normalized spacial score (nSPS) is 11.9. The number of alkyl halides is 3. The molecule has 3 rings (SSSR count). The Bertz CT molecular complexity index is 1620. The van der Waals surface area contributed by atoms with Gasteiger partial charge in [0, 0.05) is 19.6 Å². The van der Waals surface area contributed by atoms with Gasteiger partial charge in [0.15, 0.2) is 17.3 Å². The van der Waals surface area contributed by atoms with Crippen molar-refractivity contribution in [1.82, 2.24) is 16.0 Å². The number of hydrogen-bond donors (Lipinski definition) is 7. The number of nitrogens with one attached hydrogen (secondary N) is 3. The van der Waals surface area contributed by atoms with Crippen LogP contribution in [0.3, 0.4) is 0 Å². The number of rotatable bonds is 16. The van der Waals surface area contributed by atoms with E-state index in [9.17, 15) is 32.3 Å². The van der Waals surface area contributed by atoms with Crippen molar-refractivity contribution in [3.63, 3.8) is 0 Å². The summed E-state index contributed by atoms with van der Waals surface area (Å²) in [5.41, 5.74) is 18.8. The van der Waals surface area contributed by atoms with Crippen LogP contribution in [0.15, 0.2) is 89.9 Å². The lowest BCUT2D eigenvalue weighted by molar-refractivity contribution is -0.192. The smallest absolute Gasteiger partial charge is 0.475 e. The lowest BCUT2D eigenvalue weighted by Gasteiger charge is -2.31. The second-order valence-corrected chi connectivity index (χ2v) is 11.1. The summed E-state index contributed by atoms with van der Waals surface area (Å²) in [5, 5.41) is 15.1. The average molecular weight is 730 g/mol. The van der Waals surface area contributed by atoms with Gasteiger partial charge >= 0.3 is 24.1 Å². The summed E-state index contributed by atoms with van der Waals surface area (Å²) in [4.78, 5) is 64.2. The van der Waals surface area contributed by atoms with Crippen LogP contribution < -0.4 is 33.2 Å². The van der Waals surface area contributed by atoms with Crippen LogP contribution in [0.2, 0.25) is 0 Å². The van der Waals surface area contributed by atoms with E-state index in [1.54, 1.807) is 31.2 Å². The van der Waals surface area contributed by atoms with Crippen LogP contribution in [-0.4, -0.2) is 72.1 Å². The molecule has 10 N–H and O–H groups in total. The Morgan fingerprint density at radius 1 is 0.808 bits per heavy atom. The third-order valence-electron chi connectivity index (χ3n) is 7.27. The first-order chi connectivity index (χ1) is 24.6. The minimum Gasteiger partial charge on any atom is -0.475 e. The van der Waals surface area contributed by atoms with E-state index in [-0.39, 0.29) is 45.2 Å². The zero-order valence-electron chi connectivity index (χ0n) is 28.3. The maximum Gasteiger partial charge on any atom is 0.490 e. The maximum absolute atomic E-state index is 14.3. The number of carbonyl (C=O) groups excluding carboxylic acids is 4. The first kappa shape index (κ1) is 42.2. The van der Waals surface area contributed by atoms with Crippen molar-refractivity contribution in [3.8, 4) is 0 Å². The lowest BCUT2D eigenvalue weighted by atomic mass is 9.76. The highest BCUT2D eigenvalue weighted by Gasteiger charge is 2.45. The number of urea groups is 1. The molecule has 0 aliphatic carbocycles. The molecule has 0 unspecified atom stereocenters. The number of nitrogens with two attached hydrogens (primary N) is 3. The Balaban J connectivity index is 0.00000121. The third kappa shape index (κ3) is 14.1. The number of carbonyl (C=O) groups is 5. The van der Waals surface area contributed by atoms with Gasteiger partial charge in [0.05, 0.1) is 12.5 Å². The first-order valence-electron chi connectivity index (χ1n) is 15.9. The summed E-state index contributed by atoms with van der Waals surface area (Å²) in [5.74, 6) is -5.19. The highest BCUT2D eigenvalue weighted by Crippen LogP contribution is 2.31. The Labute approximate surface area is 298 Å². The van der Waals surface area contributed by atoms with Gasteiger partial charge in [0.1, 0.15) is 6.54 Å². The highest BCUT2D eigenvalue weighted by atomic mass is 19.4. The molecule has 0 fully saturated rings. The summed E-state index contributed by atoms with van der Waals surface area (Å²) in [6.07, 6.45) is -4.76. The molecule has 0 saturated heterocycles. The SMILES string of the molecule is CCOC(=O)CNC(=O)NCc1ccc(CNC(=O)[C@@](N)(CCCN=C(N)N)C(=O)C(c2ccccc2)c2ccccc2)cc1.O=C(O)C(F)(F)F. The van der Waals surface area contributed by atoms with E-state index in [0.717, 1.165) is 22.3 Å². The predicted octanol–water partition coefficient (Wildman–Crippen LogP) is 2.45. The molecule has 0 saturated carbocycles. The molecule has 280 valence electrons. The fourth-order valence-electron chi connectivity index (χ4n) is 4.68. The van der Waals surface area contributed by atoms with Crippen molar-refractivity contribution < 1.29 is 47.0 Å². The van der Waals surface area contributed by atoms with E-state index in [1.165, 1.54) is 0 Å². The lowest BCUT2D eigenvalue weighted by Crippen LogP contribution is -2.61. The summed E-state index contributed by atoms with van der Waals surface area (Å²) in [6, 6.07) is 25.1. The van der Waals surface area contributed by atoms with Crippen molar-refractivity contribution in [2.45, 2.75) is 50.5 Å². The van der Waals surface area contributed by atoms with Gasteiger partial charge in [-0.3, -0.25) is 19.4 Å². The summed E-state index contributed by atoms with van der Waals surface area (Å²) >= 11 is 0. The number of ketones is 1. The second-order valence-electron chi connectivity index (χ2n) is 11.1. The van der Waals surface area contributed by atoms with Crippen molar-refractivity contribution in [2.24, 2.45) is 22.2 Å². The van der Waals surface area contributed by atoms with E-state index in [4.69, 9.17) is 31.8 Å². The molecule has 3 aromatic carbocycles. The zero-order valence-corrected chi connectivity index (χ0v) is 28.3. The van der Waals surface area contributed by atoms with Crippen LogP contribution >= 0.6 is 0 Å². The number of ether oxygens (including phenoxy) is 1. The van der Waals surface area contributed by atoms with Gasteiger partial charge in [-0.05, 0) is 42.0 Å². The standard InChI is InChI=1S/C33H41N7O5.C2HF3O2/c1-2-45-27(41)22-40-32(44)39-21-24-16-14-23(15-17-24)20-38-30(43)33(36,18-9-19-37-31(34)35)29(42)28(25-10-5-3-6-11-25)26-12-7-4-8-13-26;3-2(4,5)1(6)7/h3-8,10-17,28H,2,9,18-22,36H2,1H3,(H,38,43)(H4,34,35,37)(H2,39,40,44);(H,6,7)/t33-;/m1./s1. The minimum absolute atomic E-state index is 0.0213. The van der Waals surface area contributed by atoms with Crippen LogP contribution in [0.5, 0.6) is 0 Å². The Kier molecular flexibility index (Phi) is 16.8. The molecular weight excluding hydrogens is 687 g/mol. The minimum atomic E-state index is -5.08. The monoisotopic (exact) mass is 729 g/mol. The van der Waals surface area contributed by atoms with Crippen LogP contribution in [-0.2, 0) is 37.0 Å². The number of halogens is 3. The number of hydrogen-bond acceptors (Lipinski definition) is 8. The van der Waals surface area contributed by atoms with Crippen LogP contribution in [0, 0.1) is 0 Å². The molecule has 0 radical (unpaired) electrons. The number of carboxylic acid groups (broad SMARTS) is 1. The zero-order chi connectivity index (χ0) is 38.7. The van der Waals surface area contributed by atoms with E-state index >= 15 is 0 Å². The average Bonchev–Trinajstić information content (AvgIpc) is 3.11. The molecule has 0 aliphatic rings. The van der Waals surface area contributed by atoms with Crippen LogP contribution in [0.1, 0.15) is 47.9 Å². The van der Waals surface area contributed by atoms with Crippen molar-refractivity contribution in [3.05, 3.63) is 107 Å². The van der Waals surface area contributed by atoms with Gasteiger partial charge in [0.25, 0.3) is 0 Å². The number of Topliss-reactive ketones (excluding diaryl/α,β-unsaturated/α-hetero) is 1. The van der Waals surface area contributed by atoms with Crippen LogP contribution in [0.25, 0.3) is 0 Å². The third-order valence-corrected chi connectivity index (χ3v) is 7.27. The Morgan fingerprint density at radius 2 is 1.29 bits per heavy atom. The molecule has 0 aliphatic heterocycles. The molecule has 0 aromatic heterocycles. The van der Waals surface area contributed by atoms with Crippen molar-refractivity contribution in [2.75, 3.05) is 19.7 Å². The highest BCUT2D eigenvalue weighted by molar-refractivity contribution is 6.13. The fourth-order valence-corrected chi connectivity index (χ4v) is 4.68. The molecular formula is C35H42F3N7O7. The topological polar surface area (TPSA) is 241 Å². The molecule has 14 nitrogen and oxygen atoms in total. The van der Waals surface area contributed by atoms with Gasteiger partial charge in [0.2, 0.25) is 5.91 Å². The molecule has 52 heavy (non-hydrogen) atoms. The predicted molar refractivity (Wildman–Crippen MR) is 185 cm³/mol. The molecule has 1 atom stereocenters. The number of aliphatic imine (C=N–C) groups is 1. The van der Waals surface area contributed by atoms with E-state index in [2.05, 4.69) is 20.9 Å².